The fourth-order valence-corrected chi connectivity index (χ4v) is 2.87. The number of hydrogen-bond acceptors (Lipinski definition) is 9. The number of halogens is 2. The van der Waals surface area contributed by atoms with Crippen LogP contribution in [0.2, 0.25) is 0 Å². The second kappa shape index (κ2) is 11.4. The molecule has 0 amide bonds. The summed E-state index contributed by atoms with van der Waals surface area (Å²) in [7, 11) is 9.23. The van der Waals surface area contributed by atoms with Gasteiger partial charge in [0.2, 0.25) is 23.3 Å². The van der Waals surface area contributed by atoms with Crippen LogP contribution in [0, 0.1) is 0 Å². The van der Waals surface area contributed by atoms with Gasteiger partial charge in [-0.1, -0.05) is 0 Å². The molecule has 0 aliphatic rings. The second-order valence-corrected chi connectivity index (χ2v) is 5.74. The van der Waals surface area contributed by atoms with Gasteiger partial charge in [0.05, 0.1) is 42.7 Å². The molecule has 0 aliphatic heterocycles. The molecular formula is C20H24Cl2N2O7. The van der Waals surface area contributed by atoms with Gasteiger partial charge in [-0.3, -0.25) is 0 Å². The van der Waals surface area contributed by atoms with Crippen molar-refractivity contribution >= 4 is 24.8 Å². The number of aromatic nitrogens is 2. The molecule has 0 N–H and O–H groups in total. The molecule has 1 aromatic heterocycles. The Labute approximate surface area is 192 Å². The van der Waals surface area contributed by atoms with Crippen LogP contribution in [0.3, 0.4) is 0 Å². The average molecular weight is 475 g/mol. The van der Waals surface area contributed by atoms with Gasteiger partial charge in [0.15, 0.2) is 23.0 Å². The van der Waals surface area contributed by atoms with E-state index in [1.54, 1.807) is 24.3 Å². The number of ether oxygens (including phenoxy) is 6. The van der Waals surface area contributed by atoms with Gasteiger partial charge >= 0.3 is 0 Å². The molecule has 3 rings (SSSR count). The molecule has 9 nitrogen and oxygen atoms in total. The zero-order valence-corrected chi connectivity index (χ0v) is 19.5. The molecule has 0 saturated carbocycles. The van der Waals surface area contributed by atoms with Gasteiger partial charge in [-0.25, -0.2) is 0 Å². The quantitative estimate of drug-likeness (QED) is 0.473. The predicted octanol–water partition coefficient (Wildman–Crippen LogP) is 4.30. The maximum Gasteiger partial charge on any atom is 0.248 e. The smallest absolute Gasteiger partial charge is 0.248 e. The van der Waals surface area contributed by atoms with Crippen molar-refractivity contribution in [1.82, 2.24) is 10.2 Å². The summed E-state index contributed by atoms with van der Waals surface area (Å²) < 4.78 is 38.1. The minimum Gasteiger partial charge on any atom is -0.493 e. The lowest BCUT2D eigenvalue weighted by atomic mass is 10.1. The molecule has 0 bridgehead atoms. The van der Waals surface area contributed by atoms with Crippen molar-refractivity contribution in [2.75, 3.05) is 42.7 Å². The van der Waals surface area contributed by atoms with Crippen LogP contribution in [-0.4, -0.2) is 52.9 Å². The van der Waals surface area contributed by atoms with Crippen molar-refractivity contribution in [3.05, 3.63) is 24.3 Å². The van der Waals surface area contributed by atoms with Crippen LogP contribution >= 0.6 is 24.8 Å². The maximum absolute atomic E-state index is 5.87. The predicted molar refractivity (Wildman–Crippen MR) is 119 cm³/mol. The highest BCUT2D eigenvalue weighted by molar-refractivity contribution is 5.85. The van der Waals surface area contributed by atoms with Crippen LogP contribution in [0.5, 0.6) is 34.5 Å². The lowest BCUT2D eigenvalue weighted by Crippen LogP contribution is -1.95. The molecule has 0 saturated heterocycles. The lowest BCUT2D eigenvalue weighted by Gasteiger charge is -2.13. The van der Waals surface area contributed by atoms with E-state index in [2.05, 4.69) is 10.2 Å². The summed E-state index contributed by atoms with van der Waals surface area (Å²) in [5.74, 6) is 3.44. The summed E-state index contributed by atoms with van der Waals surface area (Å²) in [6.07, 6.45) is 0. The average Bonchev–Trinajstić information content (AvgIpc) is 3.27. The third-order valence-corrected chi connectivity index (χ3v) is 4.25. The first-order valence-corrected chi connectivity index (χ1v) is 8.54. The van der Waals surface area contributed by atoms with E-state index in [4.69, 9.17) is 32.8 Å². The first-order chi connectivity index (χ1) is 14.1. The Morgan fingerprint density at radius 3 is 1.03 bits per heavy atom. The number of methoxy groups -OCH3 is 6. The van der Waals surface area contributed by atoms with Crippen LogP contribution in [0.25, 0.3) is 22.9 Å². The third kappa shape index (κ3) is 5.00. The maximum atomic E-state index is 5.87. The molecule has 0 fully saturated rings. The van der Waals surface area contributed by atoms with Crippen LogP contribution in [0.4, 0.5) is 0 Å². The van der Waals surface area contributed by atoms with E-state index in [1.165, 1.54) is 42.7 Å². The number of rotatable bonds is 8. The molecular weight excluding hydrogens is 451 g/mol. The van der Waals surface area contributed by atoms with E-state index >= 15 is 0 Å². The molecule has 0 atom stereocenters. The zero-order valence-electron chi connectivity index (χ0n) is 17.9. The van der Waals surface area contributed by atoms with Crippen LogP contribution in [-0.2, 0) is 0 Å². The van der Waals surface area contributed by atoms with Gasteiger partial charge < -0.3 is 32.8 Å². The van der Waals surface area contributed by atoms with E-state index in [1.807, 2.05) is 0 Å². The summed E-state index contributed by atoms with van der Waals surface area (Å²) in [5.41, 5.74) is 1.23. The van der Waals surface area contributed by atoms with Crippen molar-refractivity contribution in [2.24, 2.45) is 0 Å². The molecule has 3 aromatic rings. The zero-order chi connectivity index (χ0) is 21.0. The van der Waals surface area contributed by atoms with E-state index in [0.29, 0.717) is 45.6 Å². The molecule has 11 heteroatoms. The van der Waals surface area contributed by atoms with Gasteiger partial charge in [-0.05, 0) is 24.3 Å². The summed E-state index contributed by atoms with van der Waals surface area (Å²) in [6.45, 7) is 0. The minimum atomic E-state index is 0. The first-order valence-electron chi connectivity index (χ1n) is 8.54. The number of benzene rings is 2. The fourth-order valence-electron chi connectivity index (χ4n) is 2.87. The highest BCUT2D eigenvalue weighted by atomic mass is 35.5. The first kappa shape index (κ1) is 26.0. The van der Waals surface area contributed by atoms with Gasteiger partial charge in [-0.2, -0.15) is 0 Å². The topological polar surface area (TPSA) is 94.3 Å². The largest absolute Gasteiger partial charge is 0.493 e. The highest BCUT2D eigenvalue weighted by Crippen LogP contribution is 2.43. The number of nitrogens with zero attached hydrogens (tertiary/aromatic N) is 2. The Bertz CT molecular complexity index is 883. The van der Waals surface area contributed by atoms with E-state index in [0.717, 1.165) is 0 Å². The van der Waals surface area contributed by atoms with Crippen LogP contribution < -0.4 is 28.4 Å². The van der Waals surface area contributed by atoms with Crippen molar-refractivity contribution in [3.63, 3.8) is 0 Å². The van der Waals surface area contributed by atoms with Gasteiger partial charge in [0.1, 0.15) is 0 Å². The molecule has 1 heterocycles. The fraction of sp³-hybridized carbons (Fsp3) is 0.300. The standard InChI is InChI=1S/C20H22N2O7.2ClH/c1-23-13-7-11(8-14(24-2)17(13)27-5)19-21-22-20(29-19)12-9-15(25-3)18(28-6)16(10-12)26-4;;/h7-10H,1-6H3;2*1H. The van der Waals surface area contributed by atoms with Crippen molar-refractivity contribution < 1.29 is 32.8 Å². The van der Waals surface area contributed by atoms with Crippen molar-refractivity contribution in [1.29, 1.82) is 0 Å². The molecule has 2 aromatic carbocycles. The van der Waals surface area contributed by atoms with E-state index < -0.39 is 0 Å². The van der Waals surface area contributed by atoms with E-state index in [9.17, 15) is 0 Å². The molecule has 0 spiro atoms. The summed E-state index contributed by atoms with van der Waals surface area (Å²) in [6, 6.07) is 6.92. The normalized spacial score (nSPS) is 9.74. The SMILES string of the molecule is COc1cc(-c2nnc(-c3cc(OC)c(OC)c(OC)c3)o2)cc(OC)c1OC.Cl.Cl. The molecule has 0 radical (unpaired) electrons. The third-order valence-electron chi connectivity index (χ3n) is 4.25. The lowest BCUT2D eigenvalue weighted by molar-refractivity contribution is 0.324. The number of hydrogen-bond donors (Lipinski definition) is 0. The van der Waals surface area contributed by atoms with Gasteiger partial charge in [0, 0.05) is 11.1 Å². The molecule has 0 aliphatic carbocycles. The summed E-state index contributed by atoms with van der Waals surface area (Å²) >= 11 is 0. The highest BCUT2D eigenvalue weighted by Gasteiger charge is 2.20. The minimum absolute atomic E-state index is 0. The summed E-state index contributed by atoms with van der Waals surface area (Å²) in [4.78, 5) is 0. The Hall–Kier alpha value is -3.04. The summed E-state index contributed by atoms with van der Waals surface area (Å²) in [5, 5.41) is 8.28. The van der Waals surface area contributed by atoms with Gasteiger partial charge in [0.25, 0.3) is 0 Å². The Morgan fingerprint density at radius 2 is 0.806 bits per heavy atom. The molecule has 170 valence electrons. The molecule has 0 unspecified atom stereocenters. The van der Waals surface area contributed by atoms with Crippen LogP contribution in [0.1, 0.15) is 0 Å². The van der Waals surface area contributed by atoms with Crippen LogP contribution in [0.15, 0.2) is 28.7 Å². The molecule has 31 heavy (non-hydrogen) atoms. The second-order valence-electron chi connectivity index (χ2n) is 5.74. The van der Waals surface area contributed by atoms with Crippen molar-refractivity contribution in [3.8, 4) is 57.4 Å². The van der Waals surface area contributed by atoms with Crippen molar-refractivity contribution in [2.45, 2.75) is 0 Å². The Balaban J connectivity index is 0.00000240. The monoisotopic (exact) mass is 474 g/mol. The van der Waals surface area contributed by atoms with E-state index in [-0.39, 0.29) is 36.6 Å². The van der Waals surface area contributed by atoms with Gasteiger partial charge in [-0.15, -0.1) is 35.0 Å². The Kier molecular flexibility index (Phi) is 9.54. The Morgan fingerprint density at radius 1 is 0.516 bits per heavy atom.